The van der Waals surface area contributed by atoms with Gasteiger partial charge in [0.15, 0.2) is 0 Å². The number of urea groups is 1. The number of imide groups is 2. The van der Waals surface area contributed by atoms with Gasteiger partial charge in [-0.05, 0) is 94.5 Å². The summed E-state index contributed by atoms with van der Waals surface area (Å²) in [6.45, 7) is 3.93. The van der Waals surface area contributed by atoms with Gasteiger partial charge in [-0.15, -0.1) is 0 Å². The van der Waals surface area contributed by atoms with E-state index in [-0.39, 0.29) is 17.7 Å². The largest absolute Gasteiger partial charge is 0.488 e. The number of benzene rings is 3. The Morgan fingerprint density at radius 3 is 2.28 bits per heavy atom. The van der Waals surface area contributed by atoms with Crippen molar-refractivity contribution in [3.05, 3.63) is 98.5 Å². The van der Waals surface area contributed by atoms with Gasteiger partial charge in [0, 0.05) is 0 Å². The Kier molecular flexibility index (Phi) is 7.03. The number of rotatable bonds is 6. The lowest BCUT2D eigenvalue weighted by molar-refractivity contribution is -0.122. The normalized spacial score (nSPS) is 14.7. The van der Waals surface area contributed by atoms with E-state index < -0.39 is 23.8 Å². The van der Waals surface area contributed by atoms with Crippen molar-refractivity contribution < 1.29 is 29.0 Å². The Labute approximate surface area is 215 Å². The van der Waals surface area contributed by atoms with Crippen LogP contribution < -0.4 is 15.0 Å². The molecule has 0 unspecified atom stereocenters. The Balaban J connectivity index is 1.54. The van der Waals surface area contributed by atoms with Gasteiger partial charge in [-0.3, -0.25) is 14.9 Å². The molecule has 8 nitrogen and oxygen atoms in total. The van der Waals surface area contributed by atoms with Crippen molar-refractivity contribution in [2.45, 2.75) is 20.5 Å². The Hall–Kier alpha value is -4.24. The van der Waals surface area contributed by atoms with Crippen LogP contribution in [0.2, 0.25) is 0 Å². The maximum atomic E-state index is 13.2. The number of barbiturate groups is 1. The maximum absolute atomic E-state index is 13.2. The van der Waals surface area contributed by atoms with Crippen LogP contribution in [0, 0.1) is 13.8 Å². The zero-order valence-corrected chi connectivity index (χ0v) is 21.0. The van der Waals surface area contributed by atoms with Crippen LogP contribution in [-0.2, 0) is 16.2 Å². The molecule has 0 aromatic heterocycles. The summed E-state index contributed by atoms with van der Waals surface area (Å²) < 4.78 is 6.40. The van der Waals surface area contributed by atoms with Gasteiger partial charge < -0.3 is 9.84 Å². The molecule has 2 N–H and O–H groups in total. The second-order valence-corrected chi connectivity index (χ2v) is 9.14. The maximum Gasteiger partial charge on any atom is 0.335 e. The topological polar surface area (TPSA) is 113 Å². The molecule has 36 heavy (non-hydrogen) atoms. The van der Waals surface area contributed by atoms with Gasteiger partial charge in [-0.25, -0.2) is 14.5 Å². The number of aryl methyl sites for hydroxylation is 2. The second kappa shape index (κ2) is 10.2. The summed E-state index contributed by atoms with van der Waals surface area (Å²) in [5.74, 6) is -1.96. The van der Waals surface area contributed by atoms with Crippen molar-refractivity contribution >= 4 is 51.5 Å². The van der Waals surface area contributed by atoms with Crippen LogP contribution in [0.1, 0.15) is 32.6 Å². The van der Waals surface area contributed by atoms with E-state index in [1.165, 1.54) is 18.2 Å². The number of carboxylic acids is 1. The Morgan fingerprint density at radius 1 is 1.00 bits per heavy atom. The summed E-state index contributed by atoms with van der Waals surface area (Å²) >= 11 is 3.44. The molecule has 1 aliphatic heterocycles. The molecule has 1 heterocycles. The average molecular weight is 549 g/mol. The van der Waals surface area contributed by atoms with Gasteiger partial charge in [-0.1, -0.05) is 24.3 Å². The third kappa shape index (κ3) is 5.36. The minimum Gasteiger partial charge on any atom is -0.488 e. The van der Waals surface area contributed by atoms with E-state index in [9.17, 15) is 19.2 Å². The zero-order valence-electron chi connectivity index (χ0n) is 19.4. The molecule has 1 saturated heterocycles. The van der Waals surface area contributed by atoms with Crippen LogP contribution in [0.4, 0.5) is 10.5 Å². The summed E-state index contributed by atoms with van der Waals surface area (Å²) in [7, 11) is 0. The second-order valence-electron chi connectivity index (χ2n) is 8.28. The third-order valence-corrected chi connectivity index (χ3v) is 6.05. The molecule has 0 spiro atoms. The fourth-order valence-electron chi connectivity index (χ4n) is 3.77. The number of carbonyl (C=O) groups is 4. The number of carboxylic acid groups (broad SMARTS) is 1. The lowest BCUT2D eigenvalue weighted by atomic mass is 10.1. The quantitative estimate of drug-likeness (QED) is 0.330. The van der Waals surface area contributed by atoms with E-state index in [0.717, 1.165) is 21.6 Å². The van der Waals surface area contributed by atoms with Crippen molar-refractivity contribution in [2.75, 3.05) is 4.90 Å². The molecule has 0 aliphatic carbocycles. The number of nitrogens with zero attached hydrogens (tertiary/aromatic N) is 1. The SMILES string of the molecule is Cc1cc(C)cc(N2C(=O)NC(=O)/C(=C\c3ccc(OCc4ccc(C(=O)O)cc4)c(Br)c3)C2=O)c1. The third-order valence-electron chi connectivity index (χ3n) is 5.43. The van der Waals surface area contributed by atoms with E-state index in [4.69, 9.17) is 9.84 Å². The molecular weight excluding hydrogens is 528 g/mol. The Bertz CT molecular complexity index is 1410. The smallest absolute Gasteiger partial charge is 0.335 e. The molecule has 9 heteroatoms. The van der Waals surface area contributed by atoms with Gasteiger partial charge in [0.25, 0.3) is 11.8 Å². The van der Waals surface area contributed by atoms with Crippen molar-refractivity contribution in [1.82, 2.24) is 5.32 Å². The molecule has 0 radical (unpaired) electrons. The molecule has 0 saturated carbocycles. The fourth-order valence-corrected chi connectivity index (χ4v) is 4.28. The number of hydrogen-bond acceptors (Lipinski definition) is 5. The monoisotopic (exact) mass is 548 g/mol. The minimum absolute atomic E-state index is 0.173. The van der Waals surface area contributed by atoms with Gasteiger partial charge in [0.1, 0.15) is 17.9 Å². The average Bonchev–Trinajstić information content (AvgIpc) is 2.80. The first-order valence-electron chi connectivity index (χ1n) is 10.9. The zero-order chi connectivity index (χ0) is 26.0. The molecule has 0 bridgehead atoms. The van der Waals surface area contributed by atoms with Crippen LogP contribution >= 0.6 is 15.9 Å². The van der Waals surface area contributed by atoms with E-state index in [0.29, 0.717) is 21.5 Å². The highest BCUT2D eigenvalue weighted by Gasteiger charge is 2.37. The number of amides is 4. The highest BCUT2D eigenvalue weighted by molar-refractivity contribution is 9.10. The molecule has 4 amide bonds. The van der Waals surface area contributed by atoms with E-state index >= 15 is 0 Å². The van der Waals surface area contributed by atoms with E-state index in [1.54, 1.807) is 42.5 Å². The van der Waals surface area contributed by atoms with Gasteiger partial charge in [0.05, 0.1) is 15.7 Å². The molecule has 3 aromatic rings. The van der Waals surface area contributed by atoms with Gasteiger partial charge >= 0.3 is 12.0 Å². The molecule has 0 atom stereocenters. The van der Waals surface area contributed by atoms with Crippen LogP contribution in [0.3, 0.4) is 0 Å². The molecule has 4 rings (SSSR count). The first-order chi connectivity index (χ1) is 17.1. The van der Waals surface area contributed by atoms with Gasteiger partial charge in [-0.2, -0.15) is 0 Å². The number of aromatic carboxylic acids is 1. The van der Waals surface area contributed by atoms with Gasteiger partial charge in [0.2, 0.25) is 0 Å². The minimum atomic E-state index is -0.999. The van der Waals surface area contributed by atoms with Crippen LogP contribution in [0.25, 0.3) is 6.08 Å². The number of hydrogen-bond donors (Lipinski definition) is 2. The van der Waals surface area contributed by atoms with E-state index in [1.807, 2.05) is 19.9 Å². The number of anilines is 1. The van der Waals surface area contributed by atoms with Crippen LogP contribution in [-0.4, -0.2) is 28.9 Å². The van der Waals surface area contributed by atoms with Crippen molar-refractivity contribution in [3.63, 3.8) is 0 Å². The molecule has 3 aromatic carbocycles. The summed E-state index contributed by atoms with van der Waals surface area (Å²) in [5.41, 5.74) is 3.50. The molecular formula is C27H21BrN2O6. The highest BCUT2D eigenvalue weighted by Crippen LogP contribution is 2.29. The number of nitrogens with one attached hydrogen (secondary N) is 1. The predicted octanol–water partition coefficient (Wildman–Crippen LogP) is 5.01. The first-order valence-corrected chi connectivity index (χ1v) is 11.7. The number of ether oxygens (including phenoxy) is 1. The predicted molar refractivity (Wildman–Crippen MR) is 137 cm³/mol. The standard InChI is InChI=1S/C27H21BrN2O6/c1-15-9-16(2)11-20(10-15)30-25(32)21(24(31)29-27(30)35)12-18-5-8-23(22(28)13-18)36-14-17-3-6-19(7-4-17)26(33)34/h3-13H,14H2,1-2H3,(H,33,34)(H,29,31,35)/b21-12+. The highest BCUT2D eigenvalue weighted by atomic mass is 79.9. The molecule has 1 fully saturated rings. The van der Waals surface area contributed by atoms with Crippen molar-refractivity contribution in [1.29, 1.82) is 0 Å². The Morgan fingerprint density at radius 2 is 1.67 bits per heavy atom. The lowest BCUT2D eigenvalue weighted by Gasteiger charge is -2.27. The lowest BCUT2D eigenvalue weighted by Crippen LogP contribution is -2.54. The van der Waals surface area contributed by atoms with Crippen LogP contribution in [0.15, 0.2) is 70.7 Å². The molecule has 182 valence electrons. The first kappa shape index (κ1) is 24.9. The molecule has 1 aliphatic rings. The summed E-state index contributed by atoms with van der Waals surface area (Å²) in [6.07, 6.45) is 1.42. The number of halogens is 1. The number of carbonyl (C=O) groups excluding carboxylic acids is 3. The fraction of sp³-hybridized carbons (Fsp3) is 0.111. The van der Waals surface area contributed by atoms with Crippen molar-refractivity contribution in [3.8, 4) is 5.75 Å². The van der Waals surface area contributed by atoms with Crippen molar-refractivity contribution in [2.24, 2.45) is 0 Å². The summed E-state index contributed by atoms with van der Waals surface area (Å²) in [6, 6.07) is 15.9. The summed E-state index contributed by atoms with van der Waals surface area (Å²) in [4.78, 5) is 50.0. The van der Waals surface area contributed by atoms with Crippen LogP contribution in [0.5, 0.6) is 5.75 Å². The van der Waals surface area contributed by atoms with E-state index in [2.05, 4.69) is 21.2 Å². The summed E-state index contributed by atoms with van der Waals surface area (Å²) in [5, 5.41) is 11.2.